The van der Waals surface area contributed by atoms with Crippen LogP contribution in [-0.4, -0.2) is 20.3 Å². The van der Waals surface area contributed by atoms with Gasteiger partial charge < -0.3 is 14.2 Å². The Hall–Kier alpha value is -2.16. The summed E-state index contributed by atoms with van der Waals surface area (Å²) in [6.45, 7) is 3.09. The van der Waals surface area contributed by atoms with Crippen molar-refractivity contribution in [2.24, 2.45) is 0 Å². The second-order valence-electron chi connectivity index (χ2n) is 4.19. The number of rotatable bonds is 6. The van der Waals surface area contributed by atoms with Crippen molar-refractivity contribution < 1.29 is 14.2 Å². The van der Waals surface area contributed by atoms with Crippen LogP contribution in [0.5, 0.6) is 17.2 Å². The molecule has 0 atom stereocenters. The van der Waals surface area contributed by atoms with Crippen LogP contribution in [0.4, 0.5) is 0 Å². The molecule has 3 heteroatoms. The molecule has 0 unspecified atom stereocenters. The first kappa shape index (κ1) is 13.3. The van der Waals surface area contributed by atoms with Gasteiger partial charge >= 0.3 is 0 Å². The van der Waals surface area contributed by atoms with Gasteiger partial charge in [-0.1, -0.05) is 17.7 Å². The average molecular weight is 258 g/mol. The number of hydrogen-bond donors (Lipinski definition) is 0. The molecular formula is C16H18O3. The first-order valence-corrected chi connectivity index (χ1v) is 6.24. The summed E-state index contributed by atoms with van der Waals surface area (Å²) in [5.74, 6) is 2.50. The Morgan fingerprint density at radius 1 is 0.684 bits per heavy atom. The first-order valence-electron chi connectivity index (χ1n) is 6.24. The Morgan fingerprint density at radius 2 is 1.11 bits per heavy atom. The van der Waals surface area contributed by atoms with Gasteiger partial charge in [-0.05, 0) is 43.3 Å². The van der Waals surface area contributed by atoms with E-state index in [0.29, 0.717) is 13.2 Å². The summed E-state index contributed by atoms with van der Waals surface area (Å²) in [5.41, 5.74) is 1.22. The number of hydrogen-bond acceptors (Lipinski definition) is 3. The highest BCUT2D eigenvalue weighted by Crippen LogP contribution is 2.17. The summed E-state index contributed by atoms with van der Waals surface area (Å²) in [7, 11) is 1.64. The third-order valence-electron chi connectivity index (χ3n) is 2.70. The molecule has 0 amide bonds. The molecular weight excluding hydrogens is 240 g/mol. The Kier molecular flexibility index (Phi) is 4.67. The van der Waals surface area contributed by atoms with Gasteiger partial charge in [0.15, 0.2) is 0 Å². The molecule has 0 saturated carbocycles. The van der Waals surface area contributed by atoms with E-state index in [0.717, 1.165) is 17.2 Å². The minimum absolute atomic E-state index is 0.514. The first-order chi connectivity index (χ1) is 9.28. The van der Waals surface area contributed by atoms with Gasteiger partial charge in [0.2, 0.25) is 0 Å². The van der Waals surface area contributed by atoms with Crippen molar-refractivity contribution in [3.63, 3.8) is 0 Å². The van der Waals surface area contributed by atoms with E-state index in [1.54, 1.807) is 7.11 Å². The molecule has 2 aromatic rings. The fourth-order valence-electron chi connectivity index (χ4n) is 1.63. The fourth-order valence-corrected chi connectivity index (χ4v) is 1.63. The number of methoxy groups -OCH3 is 1. The van der Waals surface area contributed by atoms with E-state index in [1.165, 1.54) is 5.56 Å². The molecule has 2 aromatic carbocycles. The second kappa shape index (κ2) is 6.69. The van der Waals surface area contributed by atoms with Crippen molar-refractivity contribution >= 4 is 0 Å². The SMILES string of the molecule is COc1ccc(OCCOc2ccc(C)cc2)cc1. The molecule has 0 saturated heterocycles. The number of benzene rings is 2. The van der Waals surface area contributed by atoms with Gasteiger partial charge in [-0.3, -0.25) is 0 Å². The standard InChI is InChI=1S/C16H18O3/c1-13-3-5-15(6-4-13)18-11-12-19-16-9-7-14(17-2)8-10-16/h3-10H,11-12H2,1-2H3. The number of aryl methyl sites for hydroxylation is 1. The lowest BCUT2D eigenvalue weighted by molar-refractivity contribution is 0.217. The van der Waals surface area contributed by atoms with Crippen LogP contribution in [0.15, 0.2) is 48.5 Å². The zero-order valence-electron chi connectivity index (χ0n) is 11.3. The molecule has 0 spiro atoms. The van der Waals surface area contributed by atoms with E-state index < -0.39 is 0 Å². The van der Waals surface area contributed by atoms with E-state index in [9.17, 15) is 0 Å². The molecule has 100 valence electrons. The smallest absolute Gasteiger partial charge is 0.122 e. The highest BCUT2D eigenvalue weighted by Gasteiger charge is 1.96. The van der Waals surface area contributed by atoms with Crippen molar-refractivity contribution in [1.82, 2.24) is 0 Å². The van der Waals surface area contributed by atoms with E-state index >= 15 is 0 Å². The normalized spacial score (nSPS) is 10.0. The maximum Gasteiger partial charge on any atom is 0.122 e. The summed E-state index contributed by atoms with van der Waals surface area (Å²) in [4.78, 5) is 0. The number of ether oxygens (including phenoxy) is 3. The van der Waals surface area contributed by atoms with Gasteiger partial charge in [-0.2, -0.15) is 0 Å². The van der Waals surface area contributed by atoms with Gasteiger partial charge in [0.25, 0.3) is 0 Å². The minimum atomic E-state index is 0.514. The second-order valence-corrected chi connectivity index (χ2v) is 4.19. The van der Waals surface area contributed by atoms with Crippen molar-refractivity contribution in [1.29, 1.82) is 0 Å². The lowest BCUT2D eigenvalue weighted by Crippen LogP contribution is -2.08. The van der Waals surface area contributed by atoms with Gasteiger partial charge in [0, 0.05) is 0 Å². The van der Waals surface area contributed by atoms with Crippen LogP contribution in [0.2, 0.25) is 0 Å². The zero-order chi connectivity index (χ0) is 13.5. The van der Waals surface area contributed by atoms with Gasteiger partial charge in [-0.25, -0.2) is 0 Å². The third kappa shape index (κ3) is 4.21. The Bertz CT molecular complexity index is 488. The summed E-state index contributed by atoms with van der Waals surface area (Å²) in [6, 6.07) is 15.5. The lowest BCUT2D eigenvalue weighted by Gasteiger charge is -2.09. The molecule has 0 radical (unpaired) electrons. The van der Waals surface area contributed by atoms with E-state index in [-0.39, 0.29) is 0 Å². The minimum Gasteiger partial charge on any atom is -0.497 e. The average Bonchev–Trinajstić information content (AvgIpc) is 2.46. The van der Waals surface area contributed by atoms with Crippen LogP contribution in [-0.2, 0) is 0 Å². The summed E-state index contributed by atoms with van der Waals surface area (Å²) in [5, 5.41) is 0. The summed E-state index contributed by atoms with van der Waals surface area (Å²) in [6.07, 6.45) is 0. The van der Waals surface area contributed by atoms with Crippen LogP contribution >= 0.6 is 0 Å². The van der Waals surface area contributed by atoms with Crippen molar-refractivity contribution in [2.75, 3.05) is 20.3 Å². The van der Waals surface area contributed by atoms with Crippen molar-refractivity contribution in [3.8, 4) is 17.2 Å². The predicted octanol–water partition coefficient (Wildman–Crippen LogP) is 3.46. The maximum atomic E-state index is 5.58. The fraction of sp³-hybridized carbons (Fsp3) is 0.250. The molecule has 0 heterocycles. The van der Waals surface area contributed by atoms with Gasteiger partial charge in [-0.15, -0.1) is 0 Å². The largest absolute Gasteiger partial charge is 0.497 e. The molecule has 0 aliphatic rings. The maximum absolute atomic E-state index is 5.58. The molecule has 2 rings (SSSR count). The van der Waals surface area contributed by atoms with Crippen molar-refractivity contribution in [3.05, 3.63) is 54.1 Å². The third-order valence-corrected chi connectivity index (χ3v) is 2.70. The highest BCUT2D eigenvalue weighted by atomic mass is 16.5. The topological polar surface area (TPSA) is 27.7 Å². The van der Waals surface area contributed by atoms with Crippen LogP contribution < -0.4 is 14.2 Å². The monoisotopic (exact) mass is 258 g/mol. The Labute approximate surface area is 113 Å². The molecule has 0 aromatic heterocycles. The Morgan fingerprint density at radius 3 is 1.58 bits per heavy atom. The molecule has 19 heavy (non-hydrogen) atoms. The van der Waals surface area contributed by atoms with E-state index in [1.807, 2.05) is 48.5 Å². The summed E-state index contributed by atoms with van der Waals surface area (Å²) >= 11 is 0. The van der Waals surface area contributed by atoms with Gasteiger partial charge in [0.1, 0.15) is 30.5 Å². The van der Waals surface area contributed by atoms with Crippen LogP contribution in [0.3, 0.4) is 0 Å². The molecule has 0 aliphatic heterocycles. The molecule has 0 bridgehead atoms. The Balaban J connectivity index is 1.72. The van der Waals surface area contributed by atoms with E-state index in [2.05, 4.69) is 6.92 Å². The zero-order valence-corrected chi connectivity index (χ0v) is 11.3. The van der Waals surface area contributed by atoms with Crippen LogP contribution in [0, 0.1) is 6.92 Å². The molecule has 0 aliphatic carbocycles. The molecule has 0 fully saturated rings. The molecule has 3 nitrogen and oxygen atoms in total. The lowest BCUT2D eigenvalue weighted by atomic mass is 10.2. The van der Waals surface area contributed by atoms with E-state index in [4.69, 9.17) is 14.2 Å². The quantitative estimate of drug-likeness (QED) is 0.743. The van der Waals surface area contributed by atoms with Crippen LogP contribution in [0.25, 0.3) is 0 Å². The van der Waals surface area contributed by atoms with Gasteiger partial charge in [0.05, 0.1) is 7.11 Å². The predicted molar refractivity (Wildman–Crippen MR) is 75.2 cm³/mol. The highest BCUT2D eigenvalue weighted by molar-refractivity contribution is 5.31. The van der Waals surface area contributed by atoms with Crippen LogP contribution in [0.1, 0.15) is 5.56 Å². The van der Waals surface area contributed by atoms with Crippen molar-refractivity contribution in [2.45, 2.75) is 6.92 Å². The summed E-state index contributed by atoms with van der Waals surface area (Å²) < 4.78 is 16.2. The molecule has 0 N–H and O–H groups in total.